The van der Waals surface area contributed by atoms with E-state index in [-0.39, 0.29) is 22.8 Å². The summed E-state index contributed by atoms with van der Waals surface area (Å²) in [7, 11) is 0. The number of carbonyl (C=O) groups excluding carboxylic acids is 3. The molecule has 0 heterocycles. The zero-order valence-electron chi connectivity index (χ0n) is 13.5. The standard InChI is InChI=1S/C17H20O5/c1-10(2)6-7-15-16(21-12(4)19)9-8-14(11(3)18)17(15)22-13(5)20/h6,8-9H,7H2,1-5H3. The maximum atomic E-state index is 11.8. The van der Waals surface area contributed by atoms with Gasteiger partial charge in [-0.1, -0.05) is 11.6 Å². The van der Waals surface area contributed by atoms with Gasteiger partial charge in [-0.2, -0.15) is 0 Å². The van der Waals surface area contributed by atoms with Crippen LogP contribution in [0.1, 0.15) is 50.5 Å². The van der Waals surface area contributed by atoms with Gasteiger partial charge >= 0.3 is 11.9 Å². The van der Waals surface area contributed by atoms with E-state index in [4.69, 9.17) is 9.47 Å². The first-order valence-corrected chi connectivity index (χ1v) is 6.89. The van der Waals surface area contributed by atoms with Crippen molar-refractivity contribution in [3.8, 4) is 11.5 Å². The molecule has 0 bridgehead atoms. The summed E-state index contributed by atoms with van der Waals surface area (Å²) in [6, 6.07) is 3.03. The van der Waals surface area contributed by atoms with E-state index in [9.17, 15) is 14.4 Å². The van der Waals surface area contributed by atoms with Gasteiger partial charge in [-0.25, -0.2) is 0 Å². The number of hydrogen-bond donors (Lipinski definition) is 0. The molecule has 5 nitrogen and oxygen atoms in total. The van der Waals surface area contributed by atoms with E-state index in [0.717, 1.165) is 5.57 Å². The van der Waals surface area contributed by atoms with Crippen molar-refractivity contribution >= 4 is 17.7 Å². The summed E-state index contributed by atoms with van der Waals surface area (Å²) in [4.78, 5) is 34.4. The number of hydrogen-bond acceptors (Lipinski definition) is 5. The molecule has 0 N–H and O–H groups in total. The van der Waals surface area contributed by atoms with Crippen LogP contribution in [-0.4, -0.2) is 17.7 Å². The zero-order chi connectivity index (χ0) is 16.9. The minimum atomic E-state index is -0.541. The fourth-order valence-corrected chi connectivity index (χ4v) is 1.90. The molecule has 22 heavy (non-hydrogen) atoms. The lowest BCUT2D eigenvalue weighted by Crippen LogP contribution is -2.11. The van der Waals surface area contributed by atoms with Gasteiger partial charge in [-0.3, -0.25) is 14.4 Å². The lowest BCUT2D eigenvalue weighted by atomic mass is 10.0. The second-order valence-electron chi connectivity index (χ2n) is 5.15. The number of Topliss-reactive ketones (excluding diaryl/α,β-unsaturated/α-hetero) is 1. The Bertz CT molecular complexity index is 637. The Morgan fingerprint density at radius 2 is 1.55 bits per heavy atom. The molecule has 0 radical (unpaired) electrons. The molecule has 0 saturated carbocycles. The summed E-state index contributed by atoms with van der Waals surface area (Å²) in [5.74, 6) is -0.824. The number of benzene rings is 1. The predicted octanol–water partition coefficient (Wildman–Crippen LogP) is 3.25. The van der Waals surface area contributed by atoms with E-state index in [2.05, 4.69) is 0 Å². The van der Waals surface area contributed by atoms with Gasteiger partial charge in [0.15, 0.2) is 5.78 Å². The molecule has 1 aromatic rings. The number of ketones is 1. The van der Waals surface area contributed by atoms with Crippen LogP contribution >= 0.6 is 0 Å². The topological polar surface area (TPSA) is 69.7 Å². The molecule has 0 aliphatic carbocycles. The molecule has 0 aromatic heterocycles. The fraction of sp³-hybridized carbons (Fsp3) is 0.353. The quantitative estimate of drug-likeness (QED) is 0.361. The number of allylic oxidation sites excluding steroid dienone is 2. The van der Waals surface area contributed by atoms with E-state index in [1.807, 2.05) is 19.9 Å². The maximum absolute atomic E-state index is 11.8. The largest absolute Gasteiger partial charge is 0.426 e. The molecule has 0 aliphatic rings. The molecule has 0 saturated heterocycles. The smallest absolute Gasteiger partial charge is 0.308 e. The van der Waals surface area contributed by atoms with Crippen LogP contribution in [0.4, 0.5) is 0 Å². The minimum absolute atomic E-state index is 0.149. The Morgan fingerprint density at radius 3 is 2.00 bits per heavy atom. The van der Waals surface area contributed by atoms with Crippen LogP contribution in [0.25, 0.3) is 0 Å². The number of ether oxygens (including phenoxy) is 2. The fourth-order valence-electron chi connectivity index (χ4n) is 1.90. The second-order valence-corrected chi connectivity index (χ2v) is 5.15. The van der Waals surface area contributed by atoms with Crippen molar-refractivity contribution in [3.05, 3.63) is 34.9 Å². The normalized spacial score (nSPS) is 9.86. The highest BCUT2D eigenvalue weighted by molar-refractivity contribution is 5.98. The predicted molar refractivity (Wildman–Crippen MR) is 82.2 cm³/mol. The average Bonchev–Trinajstić information content (AvgIpc) is 2.35. The van der Waals surface area contributed by atoms with Crippen LogP contribution in [0.15, 0.2) is 23.8 Å². The van der Waals surface area contributed by atoms with E-state index in [1.165, 1.54) is 26.8 Å². The Labute approximate surface area is 129 Å². The van der Waals surface area contributed by atoms with Crippen LogP contribution in [-0.2, 0) is 16.0 Å². The zero-order valence-corrected chi connectivity index (χ0v) is 13.5. The van der Waals surface area contributed by atoms with Crippen molar-refractivity contribution < 1.29 is 23.9 Å². The molecule has 0 aliphatic heterocycles. The molecule has 0 amide bonds. The highest BCUT2D eigenvalue weighted by atomic mass is 16.5. The molecule has 0 spiro atoms. The van der Waals surface area contributed by atoms with E-state index in [0.29, 0.717) is 12.0 Å². The van der Waals surface area contributed by atoms with Gasteiger partial charge in [-0.15, -0.1) is 0 Å². The highest BCUT2D eigenvalue weighted by Gasteiger charge is 2.20. The Kier molecular flexibility index (Phi) is 6.04. The SMILES string of the molecule is CC(=O)Oc1ccc(C(C)=O)c(OC(C)=O)c1CC=C(C)C. The monoisotopic (exact) mass is 304 g/mol. The van der Waals surface area contributed by atoms with Gasteiger partial charge in [-0.05, 0) is 39.3 Å². The lowest BCUT2D eigenvalue weighted by Gasteiger charge is -2.15. The van der Waals surface area contributed by atoms with Crippen molar-refractivity contribution in [2.75, 3.05) is 0 Å². The molecule has 0 fully saturated rings. The third kappa shape index (κ3) is 4.84. The molecule has 1 rings (SSSR count). The Hall–Kier alpha value is -2.43. The highest BCUT2D eigenvalue weighted by Crippen LogP contribution is 2.34. The third-order valence-electron chi connectivity index (χ3n) is 2.81. The van der Waals surface area contributed by atoms with Crippen LogP contribution < -0.4 is 9.47 Å². The van der Waals surface area contributed by atoms with Crippen LogP contribution in [0.2, 0.25) is 0 Å². The summed E-state index contributed by atoms with van der Waals surface area (Å²) >= 11 is 0. The van der Waals surface area contributed by atoms with Gasteiger partial charge in [0.2, 0.25) is 0 Å². The maximum Gasteiger partial charge on any atom is 0.308 e. The van der Waals surface area contributed by atoms with Crippen molar-refractivity contribution in [2.24, 2.45) is 0 Å². The number of carbonyl (C=O) groups is 3. The molecule has 0 unspecified atom stereocenters. The van der Waals surface area contributed by atoms with Gasteiger partial charge in [0.25, 0.3) is 0 Å². The summed E-state index contributed by atoms with van der Waals surface area (Å²) < 4.78 is 10.4. The van der Waals surface area contributed by atoms with Crippen molar-refractivity contribution in [2.45, 2.75) is 41.0 Å². The molecular weight excluding hydrogens is 284 g/mol. The van der Waals surface area contributed by atoms with Crippen LogP contribution in [0.5, 0.6) is 11.5 Å². The average molecular weight is 304 g/mol. The van der Waals surface area contributed by atoms with Crippen molar-refractivity contribution in [1.82, 2.24) is 0 Å². The van der Waals surface area contributed by atoms with Gasteiger partial charge in [0, 0.05) is 19.4 Å². The first-order chi connectivity index (χ1) is 10.2. The lowest BCUT2D eigenvalue weighted by molar-refractivity contribution is -0.132. The van der Waals surface area contributed by atoms with Gasteiger partial charge < -0.3 is 9.47 Å². The summed E-state index contributed by atoms with van der Waals surface area (Å²) in [5, 5.41) is 0. The van der Waals surface area contributed by atoms with E-state index in [1.54, 1.807) is 6.07 Å². The van der Waals surface area contributed by atoms with Crippen LogP contribution in [0, 0.1) is 0 Å². The summed E-state index contributed by atoms with van der Waals surface area (Å²) in [6.07, 6.45) is 2.29. The molecule has 5 heteroatoms. The number of rotatable bonds is 5. The van der Waals surface area contributed by atoms with E-state index >= 15 is 0 Å². The summed E-state index contributed by atoms with van der Waals surface area (Å²) in [5.41, 5.74) is 1.83. The van der Waals surface area contributed by atoms with Gasteiger partial charge in [0.05, 0.1) is 5.56 Å². The van der Waals surface area contributed by atoms with Crippen LogP contribution in [0.3, 0.4) is 0 Å². The van der Waals surface area contributed by atoms with Crippen molar-refractivity contribution in [1.29, 1.82) is 0 Å². The first-order valence-electron chi connectivity index (χ1n) is 6.89. The molecular formula is C17H20O5. The molecule has 118 valence electrons. The van der Waals surface area contributed by atoms with E-state index < -0.39 is 11.9 Å². The van der Waals surface area contributed by atoms with Gasteiger partial charge in [0.1, 0.15) is 11.5 Å². The minimum Gasteiger partial charge on any atom is -0.426 e. The summed E-state index contributed by atoms with van der Waals surface area (Å²) in [6.45, 7) is 7.78. The first kappa shape index (κ1) is 17.6. The second kappa shape index (κ2) is 7.54. The Balaban J connectivity index is 3.53. The molecule has 1 aromatic carbocycles. The number of esters is 2. The third-order valence-corrected chi connectivity index (χ3v) is 2.81. The molecule has 0 atom stereocenters. The Morgan fingerprint density at radius 1 is 0.955 bits per heavy atom. The van der Waals surface area contributed by atoms with Crippen molar-refractivity contribution in [3.63, 3.8) is 0 Å².